The monoisotopic (exact) mass is 420 g/mol. The SMILES string of the molecule is [O-][N+]1(C/C=C/c2ccccc2)CCN(C(c2ccc(F)cc2)c2ccc(F)cc2)CC1. The van der Waals surface area contributed by atoms with Gasteiger partial charge in [-0.3, -0.25) is 4.90 Å². The zero-order valence-electron chi connectivity index (χ0n) is 17.3. The summed E-state index contributed by atoms with van der Waals surface area (Å²) in [5, 5.41) is 13.2. The predicted molar refractivity (Wildman–Crippen MR) is 120 cm³/mol. The van der Waals surface area contributed by atoms with Gasteiger partial charge in [0.15, 0.2) is 0 Å². The van der Waals surface area contributed by atoms with Crippen LogP contribution in [-0.4, -0.2) is 42.3 Å². The number of benzene rings is 3. The Kier molecular flexibility index (Phi) is 6.56. The van der Waals surface area contributed by atoms with Crippen LogP contribution in [0.4, 0.5) is 8.78 Å². The van der Waals surface area contributed by atoms with Crippen LogP contribution in [-0.2, 0) is 0 Å². The maximum atomic E-state index is 13.5. The molecule has 0 amide bonds. The molecule has 1 aliphatic rings. The quantitative estimate of drug-likeness (QED) is 0.394. The van der Waals surface area contributed by atoms with Gasteiger partial charge in [-0.05, 0) is 47.0 Å². The van der Waals surface area contributed by atoms with Crippen molar-refractivity contribution in [1.29, 1.82) is 0 Å². The van der Waals surface area contributed by atoms with Crippen LogP contribution in [0, 0.1) is 16.8 Å². The molecule has 160 valence electrons. The van der Waals surface area contributed by atoms with Gasteiger partial charge in [0.1, 0.15) is 11.6 Å². The molecule has 3 nitrogen and oxygen atoms in total. The normalized spacial score (nSPS) is 16.8. The van der Waals surface area contributed by atoms with E-state index in [2.05, 4.69) is 4.90 Å². The van der Waals surface area contributed by atoms with Crippen LogP contribution >= 0.6 is 0 Å². The molecule has 0 aliphatic carbocycles. The molecule has 3 aromatic carbocycles. The first kappa shape index (κ1) is 21.4. The lowest BCUT2D eigenvalue weighted by atomic mass is 9.96. The van der Waals surface area contributed by atoms with E-state index in [0.717, 1.165) is 16.7 Å². The molecule has 0 spiro atoms. The highest BCUT2D eigenvalue weighted by molar-refractivity contribution is 5.48. The third-order valence-electron chi connectivity index (χ3n) is 5.87. The topological polar surface area (TPSA) is 26.3 Å². The zero-order valence-corrected chi connectivity index (χ0v) is 17.3. The third kappa shape index (κ3) is 5.44. The minimum atomic E-state index is -0.291. The van der Waals surface area contributed by atoms with Gasteiger partial charge in [0.25, 0.3) is 0 Å². The first-order chi connectivity index (χ1) is 15.0. The van der Waals surface area contributed by atoms with E-state index in [1.165, 1.54) is 24.3 Å². The smallest absolute Gasteiger partial charge is 0.123 e. The lowest BCUT2D eigenvalue weighted by Crippen LogP contribution is -2.56. The van der Waals surface area contributed by atoms with Crippen LogP contribution in [0.2, 0.25) is 0 Å². The van der Waals surface area contributed by atoms with Crippen molar-refractivity contribution in [3.05, 3.63) is 118 Å². The molecule has 1 fully saturated rings. The zero-order chi connectivity index (χ0) is 21.7. The minimum absolute atomic E-state index is 0.144. The highest BCUT2D eigenvalue weighted by atomic mass is 19.1. The summed E-state index contributed by atoms with van der Waals surface area (Å²) in [5.74, 6) is -0.582. The van der Waals surface area contributed by atoms with Crippen LogP contribution in [0.15, 0.2) is 84.9 Å². The van der Waals surface area contributed by atoms with E-state index in [-0.39, 0.29) is 22.3 Å². The van der Waals surface area contributed by atoms with E-state index >= 15 is 0 Å². The van der Waals surface area contributed by atoms with Gasteiger partial charge in [-0.2, -0.15) is 0 Å². The van der Waals surface area contributed by atoms with E-state index in [1.54, 1.807) is 24.3 Å². The maximum Gasteiger partial charge on any atom is 0.123 e. The molecule has 3 aromatic rings. The molecule has 31 heavy (non-hydrogen) atoms. The number of rotatable bonds is 6. The first-order valence-corrected chi connectivity index (χ1v) is 10.6. The van der Waals surface area contributed by atoms with Crippen molar-refractivity contribution in [3.8, 4) is 0 Å². The number of piperazine rings is 1. The van der Waals surface area contributed by atoms with E-state index < -0.39 is 0 Å². The molecular weight excluding hydrogens is 394 g/mol. The van der Waals surface area contributed by atoms with Crippen molar-refractivity contribution < 1.29 is 13.4 Å². The second kappa shape index (κ2) is 9.52. The number of quaternary nitrogens is 1. The summed E-state index contributed by atoms with van der Waals surface area (Å²) in [7, 11) is 0. The summed E-state index contributed by atoms with van der Waals surface area (Å²) < 4.78 is 26.7. The fraction of sp³-hybridized carbons (Fsp3) is 0.231. The number of halogens is 2. The van der Waals surface area contributed by atoms with Crippen LogP contribution < -0.4 is 0 Å². The number of nitrogens with zero attached hydrogens (tertiary/aromatic N) is 2. The molecule has 4 rings (SSSR count). The van der Waals surface area contributed by atoms with Crippen LogP contribution in [0.3, 0.4) is 0 Å². The molecular formula is C26H26F2N2O. The first-order valence-electron chi connectivity index (χ1n) is 10.6. The second-order valence-corrected chi connectivity index (χ2v) is 8.04. The lowest BCUT2D eigenvalue weighted by molar-refractivity contribution is -0.879. The van der Waals surface area contributed by atoms with Gasteiger partial charge in [-0.25, -0.2) is 8.78 Å². The molecule has 1 heterocycles. The fourth-order valence-electron chi connectivity index (χ4n) is 4.14. The summed E-state index contributed by atoms with van der Waals surface area (Å²) in [4.78, 5) is 2.23. The molecule has 0 radical (unpaired) electrons. The van der Waals surface area contributed by atoms with E-state index in [0.29, 0.717) is 32.7 Å². The third-order valence-corrected chi connectivity index (χ3v) is 5.87. The Bertz CT molecular complexity index is 950. The Morgan fingerprint density at radius 1 is 0.806 bits per heavy atom. The molecule has 0 bridgehead atoms. The number of hydrogen-bond acceptors (Lipinski definition) is 2. The molecule has 1 saturated heterocycles. The molecule has 0 N–H and O–H groups in total. The van der Waals surface area contributed by atoms with Crippen molar-refractivity contribution in [1.82, 2.24) is 4.90 Å². The number of hydroxylamine groups is 3. The largest absolute Gasteiger partial charge is 0.632 e. The molecule has 5 heteroatoms. The van der Waals surface area contributed by atoms with Crippen molar-refractivity contribution >= 4 is 6.08 Å². The van der Waals surface area contributed by atoms with Gasteiger partial charge >= 0.3 is 0 Å². The second-order valence-electron chi connectivity index (χ2n) is 8.04. The highest BCUT2D eigenvalue weighted by Gasteiger charge is 2.30. The average Bonchev–Trinajstić information content (AvgIpc) is 2.79. The van der Waals surface area contributed by atoms with Crippen LogP contribution in [0.25, 0.3) is 6.08 Å². The lowest BCUT2D eigenvalue weighted by Gasteiger charge is -2.49. The molecule has 1 aliphatic heterocycles. The molecule has 0 atom stereocenters. The standard InChI is InChI=1S/C26H26F2N2O/c27-24-12-8-22(9-13-24)26(23-10-14-25(28)15-11-23)29-16-19-30(31,20-17-29)18-4-7-21-5-2-1-3-6-21/h1-15,26H,16-20H2/b7-4+. The minimum Gasteiger partial charge on any atom is -0.632 e. The van der Waals surface area contributed by atoms with Gasteiger partial charge in [0, 0.05) is 13.1 Å². The Morgan fingerprint density at radius 3 is 1.84 bits per heavy atom. The van der Waals surface area contributed by atoms with Gasteiger partial charge in [-0.1, -0.05) is 60.7 Å². The Hall–Kier alpha value is -2.86. The molecule has 0 unspecified atom stereocenters. The van der Waals surface area contributed by atoms with Gasteiger partial charge < -0.3 is 9.85 Å². The van der Waals surface area contributed by atoms with Crippen LogP contribution in [0.5, 0.6) is 0 Å². The Morgan fingerprint density at radius 2 is 1.32 bits per heavy atom. The summed E-state index contributed by atoms with van der Waals surface area (Å²) >= 11 is 0. The maximum absolute atomic E-state index is 13.5. The van der Waals surface area contributed by atoms with E-state index in [9.17, 15) is 14.0 Å². The number of hydrogen-bond donors (Lipinski definition) is 0. The van der Waals surface area contributed by atoms with Gasteiger partial charge in [0.05, 0.1) is 25.7 Å². The summed E-state index contributed by atoms with van der Waals surface area (Å²) in [6, 6.07) is 22.6. The van der Waals surface area contributed by atoms with Crippen molar-refractivity contribution in [2.45, 2.75) is 6.04 Å². The van der Waals surface area contributed by atoms with Gasteiger partial charge in [0.2, 0.25) is 0 Å². The highest BCUT2D eigenvalue weighted by Crippen LogP contribution is 2.31. The summed E-state index contributed by atoms with van der Waals surface area (Å²) in [6.45, 7) is 2.60. The summed E-state index contributed by atoms with van der Waals surface area (Å²) in [6.07, 6.45) is 3.94. The van der Waals surface area contributed by atoms with Crippen molar-refractivity contribution in [2.75, 3.05) is 32.7 Å². The molecule has 0 saturated carbocycles. The average molecular weight is 421 g/mol. The van der Waals surface area contributed by atoms with E-state index in [1.807, 2.05) is 42.5 Å². The van der Waals surface area contributed by atoms with Crippen molar-refractivity contribution in [3.63, 3.8) is 0 Å². The van der Waals surface area contributed by atoms with Crippen molar-refractivity contribution in [2.24, 2.45) is 0 Å². The van der Waals surface area contributed by atoms with Crippen LogP contribution in [0.1, 0.15) is 22.7 Å². The summed E-state index contributed by atoms with van der Waals surface area (Å²) in [5.41, 5.74) is 2.95. The Labute approximate surface area is 182 Å². The van der Waals surface area contributed by atoms with Gasteiger partial charge in [-0.15, -0.1) is 0 Å². The fourth-order valence-corrected chi connectivity index (χ4v) is 4.14. The predicted octanol–water partition coefficient (Wildman–Crippen LogP) is 5.40. The Balaban J connectivity index is 1.47. The van der Waals surface area contributed by atoms with E-state index in [4.69, 9.17) is 0 Å². The molecule has 0 aromatic heterocycles.